The van der Waals surface area contributed by atoms with Gasteiger partial charge in [-0.1, -0.05) is 0 Å². The highest BCUT2D eigenvalue weighted by Gasteiger charge is 2.46. The number of carbonyl (C=O) groups is 1. The van der Waals surface area contributed by atoms with Crippen LogP contribution < -0.4 is 15.8 Å². The van der Waals surface area contributed by atoms with Gasteiger partial charge in [0.1, 0.15) is 5.75 Å². The van der Waals surface area contributed by atoms with Crippen molar-refractivity contribution in [2.75, 3.05) is 5.32 Å². The van der Waals surface area contributed by atoms with Gasteiger partial charge in [0, 0.05) is 10.4 Å². The van der Waals surface area contributed by atoms with Crippen molar-refractivity contribution in [2.24, 2.45) is 5.73 Å². The molecule has 9 heteroatoms. The molecule has 0 aliphatic heterocycles. The third kappa shape index (κ3) is 4.00. The van der Waals surface area contributed by atoms with E-state index in [1.54, 1.807) is 12.1 Å². The van der Waals surface area contributed by atoms with E-state index in [0.717, 1.165) is 10.4 Å². The van der Waals surface area contributed by atoms with Crippen molar-refractivity contribution in [3.8, 4) is 17.0 Å². The molecule has 1 aliphatic carbocycles. The molecule has 0 spiro atoms. The standard InChI is InChI=1S/C15H15F2N3O2S.ClH/c1-8-11(9-2-4-10(5-3-9)22-13(16)17)19-14(23-8)20-12(21)15(18)6-7-15;/h2-5,13H,6-7,18H2,1H3,(H,19,20,21);1H. The summed E-state index contributed by atoms with van der Waals surface area (Å²) < 4.78 is 28.6. The summed E-state index contributed by atoms with van der Waals surface area (Å²) in [6, 6.07) is 6.21. The monoisotopic (exact) mass is 375 g/mol. The van der Waals surface area contributed by atoms with Crippen molar-refractivity contribution in [1.82, 2.24) is 4.98 Å². The topological polar surface area (TPSA) is 77.2 Å². The van der Waals surface area contributed by atoms with Crippen LogP contribution in [0.5, 0.6) is 5.75 Å². The molecule has 0 unspecified atom stereocenters. The summed E-state index contributed by atoms with van der Waals surface area (Å²) in [6.07, 6.45) is 1.36. The van der Waals surface area contributed by atoms with Crippen molar-refractivity contribution in [1.29, 1.82) is 0 Å². The van der Waals surface area contributed by atoms with E-state index in [1.807, 2.05) is 6.92 Å². The molecule has 1 aliphatic rings. The van der Waals surface area contributed by atoms with E-state index in [0.29, 0.717) is 23.7 Å². The molecule has 1 saturated carbocycles. The zero-order valence-electron chi connectivity index (χ0n) is 12.7. The first kappa shape index (κ1) is 18.6. The van der Waals surface area contributed by atoms with Gasteiger partial charge < -0.3 is 15.8 Å². The fraction of sp³-hybridized carbons (Fsp3) is 0.333. The minimum Gasteiger partial charge on any atom is -0.435 e. The van der Waals surface area contributed by atoms with E-state index < -0.39 is 12.2 Å². The molecule has 0 radical (unpaired) electrons. The van der Waals surface area contributed by atoms with Crippen molar-refractivity contribution in [3.05, 3.63) is 29.1 Å². The van der Waals surface area contributed by atoms with Gasteiger partial charge in [-0.25, -0.2) is 4.98 Å². The maximum absolute atomic E-state index is 12.2. The van der Waals surface area contributed by atoms with E-state index in [-0.39, 0.29) is 24.1 Å². The molecule has 1 heterocycles. The number of amides is 1. The fourth-order valence-corrected chi connectivity index (χ4v) is 2.93. The van der Waals surface area contributed by atoms with Crippen LogP contribution in [0.3, 0.4) is 0 Å². The molecular weight excluding hydrogens is 360 g/mol. The number of rotatable bonds is 5. The molecule has 1 amide bonds. The molecule has 1 fully saturated rings. The SMILES string of the molecule is Cc1sc(NC(=O)C2(N)CC2)nc1-c1ccc(OC(F)F)cc1.Cl. The summed E-state index contributed by atoms with van der Waals surface area (Å²) in [5, 5.41) is 3.21. The van der Waals surface area contributed by atoms with Crippen LogP contribution in [0.25, 0.3) is 11.3 Å². The highest BCUT2D eigenvalue weighted by molar-refractivity contribution is 7.16. The van der Waals surface area contributed by atoms with Crippen LogP contribution in [0.1, 0.15) is 17.7 Å². The second kappa shape index (κ2) is 7.00. The molecule has 1 aromatic carbocycles. The molecule has 0 atom stereocenters. The first-order valence-corrected chi connectivity index (χ1v) is 7.82. The lowest BCUT2D eigenvalue weighted by atomic mass is 10.1. The molecule has 3 N–H and O–H groups in total. The van der Waals surface area contributed by atoms with Crippen LogP contribution in [0.15, 0.2) is 24.3 Å². The Bertz CT molecular complexity index is 733. The molecule has 0 bridgehead atoms. The number of thiazole rings is 1. The van der Waals surface area contributed by atoms with Gasteiger partial charge in [0.15, 0.2) is 5.13 Å². The van der Waals surface area contributed by atoms with Crippen LogP contribution in [-0.2, 0) is 4.79 Å². The minimum absolute atomic E-state index is 0. The van der Waals surface area contributed by atoms with E-state index >= 15 is 0 Å². The van der Waals surface area contributed by atoms with Gasteiger partial charge in [0.05, 0.1) is 11.2 Å². The Hall–Kier alpha value is -1.77. The highest BCUT2D eigenvalue weighted by Crippen LogP contribution is 2.35. The van der Waals surface area contributed by atoms with E-state index in [4.69, 9.17) is 5.73 Å². The van der Waals surface area contributed by atoms with E-state index in [2.05, 4.69) is 15.0 Å². The number of aromatic nitrogens is 1. The quantitative estimate of drug-likeness (QED) is 0.837. The fourth-order valence-electron chi connectivity index (χ4n) is 2.10. The molecule has 130 valence electrons. The largest absolute Gasteiger partial charge is 0.435 e. The number of halogens is 3. The lowest BCUT2D eigenvalue weighted by molar-refractivity contribution is -0.118. The number of benzene rings is 1. The summed E-state index contributed by atoms with van der Waals surface area (Å²) in [5.74, 6) is -0.137. The number of hydrogen-bond donors (Lipinski definition) is 2. The lowest BCUT2D eigenvalue weighted by Crippen LogP contribution is -2.37. The first-order chi connectivity index (χ1) is 10.9. The van der Waals surface area contributed by atoms with Crippen LogP contribution >= 0.6 is 23.7 Å². The minimum atomic E-state index is -2.85. The summed E-state index contributed by atoms with van der Waals surface area (Å²) >= 11 is 1.35. The molecule has 1 aromatic heterocycles. The van der Waals surface area contributed by atoms with Crippen molar-refractivity contribution in [3.63, 3.8) is 0 Å². The number of anilines is 1. The Morgan fingerprint density at radius 3 is 2.54 bits per heavy atom. The zero-order valence-corrected chi connectivity index (χ0v) is 14.3. The summed E-state index contributed by atoms with van der Waals surface area (Å²) in [4.78, 5) is 17.2. The lowest BCUT2D eigenvalue weighted by Gasteiger charge is -2.06. The first-order valence-electron chi connectivity index (χ1n) is 7.00. The third-order valence-electron chi connectivity index (χ3n) is 3.61. The van der Waals surface area contributed by atoms with E-state index in [9.17, 15) is 13.6 Å². The Kier molecular flexibility index (Phi) is 5.42. The third-order valence-corrected chi connectivity index (χ3v) is 4.50. The average Bonchev–Trinajstić information content (AvgIpc) is 3.14. The number of nitrogens with one attached hydrogen (secondary N) is 1. The average molecular weight is 376 g/mol. The van der Waals surface area contributed by atoms with Gasteiger partial charge in [-0.2, -0.15) is 8.78 Å². The van der Waals surface area contributed by atoms with Crippen LogP contribution in [0.2, 0.25) is 0 Å². The maximum atomic E-state index is 12.2. The van der Waals surface area contributed by atoms with Crippen molar-refractivity contribution in [2.45, 2.75) is 31.9 Å². The van der Waals surface area contributed by atoms with Gasteiger partial charge in [0.2, 0.25) is 5.91 Å². The van der Waals surface area contributed by atoms with Crippen molar-refractivity contribution < 1.29 is 18.3 Å². The summed E-state index contributed by atoms with van der Waals surface area (Å²) in [5.41, 5.74) is 6.53. The van der Waals surface area contributed by atoms with Gasteiger partial charge in [-0.3, -0.25) is 4.79 Å². The molecule has 3 rings (SSSR count). The van der Waals surface area contributed by atoms with Gasteiger partial charge in [0.25, 0.3) is 0 Å². The molecule has 5 nitrogen and oxygen atoms in total. The highest BCUT2D eigenvalue weighted by atomic mass is 35.5. The Balaban J connectivity index is 0.00000208. The zero-order chi connectivity index (χ0) is 16.6. The number of nitrogens with two attached hydrogens (primary N) is 1. The van der Waals surface area contributed by atoms with Gasteiger partial charge in [-0.05, 0) is 44.0 Å². The number of nitrogens with zero attached hydrogens (tertiary/aromatic N) is 1. The Morgan fingerprint density at radius 2 is 2.00 bits per heavy atom. The Labute approximate surface area is 147 Å². The van der Waals surface area contributed by atoms with Crippen LogP contribution in [0, 0.1) is 6.92 Å². The van der Waals surface area contributed by atoms with Crippen LogP contribution in [-0.4, -0.2) is 23.0 Å². The smallest absolute Gasteiger partial charge is 0.387 e. The summed E-state index contributed by atoms with van der Waals surface area (Å²) in [6.45, 7) is -0.976. The number of ether oxygens (including phenoxy) is 1. The Morgan fingerprint density at radius 1 is 1.38 bits per heavy atom. The van der Waals surface area contributed by atoms with Crippen LogP contribution in [0.4, 0.5) is 13.9 Å². The van der Waals surface area contributed by atoms with E-state index in [1.165, 1.54) is 23.5 Å². The predicted molar refractivity (Wildman–Crippen MR) is 90.9 cm³/mol. The molecule has 0 saturated heterocycles. The molecular formula is C15H16ClF2N3O2S. The predicted octanol–water partition coefficient (Wildman–Crippen LogP) is 3.57. The number of carbonyl (C=O) groups excluding carboxylic acids is 1. The van der Waals surface area contributed by atoms with Gasteiger partial charge in [-0.15, -0.1) is 23.7 Å². The number of alkyl halides is 2. The number of aryl methyl sites for hydroxylation is 1. The van der Waals surface area contributed by atoms with Gasteiger partial charge >= 0.3 is 6.61 Å². The normalized spacial score (nSPS) is 14.9. The summed E-state index contributed by atoms with van der Waals surface area (Å²) in [7, 11) is 0. The molecule has 2 aromatic rings. The van der Waals surface area contributed by atoms with Crippen molar-refractivity contribution >= 4 is 34.8 Å². The second-order valence-corrected chi connectivity index (χ2v) is 6.64. The number of hydrogen-bond acceptors (Lipinski definition) is 5. The second-order valence-electron chi connectivity index (χ2n) is 5.44. The maximum Gasteiger partial charge on any atom is 0.387 e. The molecule has 24 heavy (non-hydrogen) atoms.